The molecule has 27 heavy (non-hydrogen) atoms. The molecule has 1 atom stereocenters. The van der Waals surface area contributed by atoms with Gasteiger partial charge in [-0.3, -0.25) is 14.3 Å². The van der Waals surface area contributed by atoms with E-state index in [1.807, 2.05) is 29.2 Å². The summed E-state index contributed by atoms with van der Waals surface area (Å²) < 4.78 is 12.1. The fourth-order valence-electron chi connectivity index (χ4n) is 3.60. The first-order valence-electron chi connectivity index (χ1n) is 9.00. The van der Waals surface area contributed by atoms with E-state index >= 15 is 0 Å². The molecule has 4 rings (SSSR count). The predicted molar refractivity (Wildman–Crippen MR) is 94.7 cm³/mol. The normalized spacial score (nSPS) is 18.5. The Morgan fingerprint density at radius 2 is 2.07 bits per heavy atom. The SMILES string of the molecule is O=C(O)Cn1ccc([C@H]2CCCN(C(=O)Cc3ccc4c(c3)OCO4)C2)n1. The van der Waals surface area contributed by atoms with Crippen molar-refractivity contribution in [2.45, 2.75) is 31.7 Å². The molecule has 0 aliphatic carbocycles. The zero-order valence-electron chi connectivity index (χ0n) is 14.8. The van der Waals surface area contributed by atoms with E-state index in [2.05, 4.69) is 5.10 Å². The van der Waals surface area contributed by atoms with Gasteiger partial charge >= 0.3 is 5.97 Å². The van der Waals surface area contributed by atoms with Crippen LogP contribution in [-0.2, 0) is 22.6 Å². The number of hydrogen-bond donors (Lipinski definition) is 1. The second-order valence-electron chi connectivity index (χ2n) is 6.88. The number of ether oxygens (including phenoxy) is 2. The first-order chi connectivity index (χ1) is 13.1. The molecule has 0 spiro atoms. The Kier molecular flexibility index (Phi) is 4.70. The van der Waals surface area contributed by atoms with Crippen molar-refractivity contribution in [1.29, 1.82) is 0 Å². The highest BCUT2D eigenvalue weighted by Crippen LogP contribution is 2.33. The van der Waals surface area contributed by atoms with Gasteiger partial charge in [0.15, 0.2) is 11.5 Å². The van der Waals surface area contributed by atoms with Gasteiger partial charge in [-0.05, 0) is 36.6 Å². The maximum atomic E-state index is 12.7. The number of carboxylic acid groups (broad SMARTS) is 1. The number of nitrogens with zero attached hydrogens (tertiary/aromatic N) is 3. The molecule has 0 saturated carbocycles. The number of hydrogen-bond acceptors (Lipinski definition) is 5. The van der Waals surface area contributed by atoms with Crippen LogP contribution in [0.3, 0.4) is 0 Å². The number of benzene rings is 1. The van der Waals surface area contributed by atoms with Crippen LogP contribution in [0.25, 0.3) is 0 Å². The first kappa shape index (κ1) is 17.4. The molecule has 8 nitrogen and oxygen atoms in total. The number of piperidine rings is 1. The summed E-state index contributed by atoms with van der Waals surface area (Å²) in [5, 5.41) is 13.2. The number of rotatable bonds is 5. The van der Waals surface area contributed by atoms with Gasteiger partial charge < -0.3 is 19.5 Å². The third kappa shape index (κ3) is 3.89. The molecule has 2 aliphatic rings. The molecule has 1 amide bonds. The molecule has 1 saturated heterocycles. The van der Waals surface area contributed by atoms with Crippen molar-refractivity contribution >= 4 is 11.9 Å². The topological polar surface area (TPSA) is 93.9 Å². The first-order valence-corrected chi connectivity index (χ1v) is 9.00. The standard InChI is InChI=1S/C19H21N3O5/c23-18(9-13-3-4-16-17(8-13)27-12-26-16)21-6-1-2-14(10-21)15-5-7-22(20-15)11-19(24)25/h3-5,7-8,14H,1-2,6,9-12H2,(H,24,25)/t14-/m0/s1. The molecule has 1 N–H and O–H groups in total. The van der Waals surface area contributed by atoms with E-state index < -0.39 is 5.97 Å². The van der Waals surface area contributed by atoms with Crippen LogP contribution in [0.1, 0.15) is 30.0 Å². The number of carbonyl (C=O) groups is 2. The van der Waals surface area contributed by atoms with Gasteiger partial charge in [-0.1, -0.05) is 6.07 Å². The van der Waals surface area contributed by atoms with Crippen molar-refractivity contribution in [3.8, 4) is 11.5 Å². The molecule has 0 radical (unpaired) electrons. The summed E-state index contributed by atoms with van der Waals surface area (Å²) in [6.45, 7) is 1.40. The second kappa shape index (κ2) is 7.30. The zero-order chi connectivity index (χ0) is 18.8. The lowest BCUT2D eigenvalue weighted by Crippen LogP contribution is -2.40. The maximum Gasteiger partial charge on any atom is 0.325 e. The van der Waals surface area contributed by atoms with Crippen molar-refractivity contribution in [3.05, 3.63) is 41.7 Å². The summed E-state index contributed by atoms with van der Waals surface area (Å²) >= 11 is 0. The van der Waals surface area contributed by atoms with Gasteiger partial charge in [-0.2, -0.15) is 5.10 Å². The number of aromatic nitrogens is 2. The number of amides is 1. The fourth-order valence-corrected chi connectivity index (χ4v) is 3.60. The van der Waals surface area contributed by atoms with Crippen LogP contribution < -0.4 is 9.47 Å². The smallest absolute Gasteiger partial charge is 0.325 e. The summed E-state index contributed by atoms with van der Waals surface area (Å²) in [4.78, 5) is 25.4. The van der Waals surface area contributed by atoms with Crippen LogP contribution in [0.4, 0.5) is 0 Å². The lowest BCUT2D eigenvalue weighted by atomic mass is 9.94. The Hall–Kier alpha value is -3.03. The summed E-state index contributed by atoms with van der Waals surface area (Å²) in [6.07, 6.45) is 3.84. The van der Waals surface area contributed by atoms with E-state index in [-0.39, 0.29) is 25.2 Å². The average Bonchev–Trinajstić information content (AvgIpc) is 3.30. The third-order valence-corrected chi connectivity index (χ3v) is 4.94. The van der Waals surface area contributed by atoms with E-state index in [9.17, 15) is 9.59 Å². The van der Waals surface area contributed by atoms with Crippen LogP contribution in [0.2, 0.25) is 0 Å². The van der Waals surface area contributed by atoms with Crippen molar-refractivity contribution < 1.29 is 24.2 Å². The molecular weight excluding hydrogens is 350 g/mol. The fraction of sp³-hybridized carbons (Fsp3) is 0.421. The zero-order valence-corrected chi connectivity index (χ0v) is 14.8. The van der Waals surface area contributed by atoms with E-state index in [1.165, 1.54) is 4.68 Å². The molecule has 0 bridgehead atoms. The number of carboxylic acids is 1. The van der Waals surface area contributed by atoms with E-state index in [0.717, 1.165) is 30.6 Å². The van der Waals surface area contributed by atoms with Crippen LogP contribution in [0.5, 0.6) is 11.5 Å². The predicted octanol–water partition coefficient (Wildman–Crippen LogP) is 1.65. The van der Waals surface area contributed by atoms with Gasteiger partial charge in [0.25, 0.3) is 0 Å². The second-order valence-corrected chi connectivity index (χ2v) is 6.88. The molecule has 3 heterocycles. The van der Waals surface area contributed by atoms with Gasteiger partial charge in [-0.15, -0.1) is 0 Å². The van der Waals surface area contributed by atoms with Crippen molar-refractivity contribution in [2.75, 3.05) is 19.9 Å². The molecular formula is C19H21N3O5. The van der Waals surface area contributed by atoms with Crippen LogP contribution in [-0.4, -0.2) is 51.5 Å². The average molecular weight is 371 g/mol. The highest BCUT2D eigenvalue weighted by Gasteiger charge is 2.26. The minimum atomic E-state index is -0.922. The molecule has 8 heteroatoms. The van der Waals surface area contributed by atoms with Crippen molar-refractivity contribution in [2.24, 2.45) is 0 Å². The highest BCUT2D eigenvalue weighted by atomic mass is 16.7. The lowest BCUT2D eigenvalue weighted by Gasteiger charge is -2.32. The maximum absolute atomic E-state index is 12.7. The van der Waals surface area contributed by atoms with Gasteiger partial charge in [0, 0.05) is 25.2 Å². The Morgan fingerprint density at radius 3 is 2.93 bits per heavy atom. The molecule has 2 aromatic rings. The van der Waals surface area contributed by atoms with Crippen molar-refractivity contribution in [3.63, 3.8) is 0 Å². The monoisotopic (exact) mass is 371 g/mol. The molecule has 142 valence electrons. The number of aliphatic carboxylic acids is 1. The van der Waals surface area contributed by atoms with Gasteiger partial charge in [0.1, 0.15) is 6.54 Å². The van der Waals surface area contributed by atoms with Crippen molar-refractivity contribution in [1.82, 2.24) is 14.7 Å². The summed E-state index contributed by atoms with van der Waals surface area (Å²) in [5.41, 5.74) is 1.74. The van der Waals surface area contributed by atoms with Gasteiger partial charge in [-0.25, -0.2) is 0 Å². The van der Waals surface area contributed by atoms with E-state index in [0.29, 0.717) is 24.5 Å². The number of fused-ring (bicyclic) bond motifs is 1. The van der Waals surface area contributed by atoms with Crippen LogP contribution in [0, 0.1) is 0 Å². The molecule has 1 aromatic heterocycles. The van der Waals surface area contributed by atoms with E-state index in [4.69, 9.17) is 14.6 Å². The molecule has 1 aromatic carbocycles. The Labute approximate surface area is 156 Å². The Balaban J connectivity index is 1.39. The van der Waals surface area contributed by atoms with Crippen LogP contribution in [0.15, 0.2) is 30.5 Å². The largest absolute Gasteiger partial charge is 0.480 e. The highest BCUT2D eigenvalue weighted by molar-refractivity contribution is 5.79. The molecule has 0 unspecified atom stereocenters. The van der Waals surface area contributed by atoms with Gasteiger partial charge in [0.05, 0.1) is 12.1 Å². The summed E-state index contributed by atoms with van der Waals surface area (Å²) in [6, 6.07) is 7.42. The summed E-state index contributed by atoms with van der Waals surface area (Å²) in [5.74, 6) is 0.675. The minimum Gasteiger partial charge on any atom is -0.480 e. The quantitative estimate of drug-likeness (QED) is 0.859. The van der Waals surface area contributed by atoms with Crippen LogP contribution >= 0.6 is 0 Å². The Bertz CT molecular complexity index is 863. The summed E-state index contributed by atoms with van der Waals surface area (Å²) in [7, 11) is 0. The lowest BCUT2D eigenvalue weighted by molar-refractivity contribution is -0.138. The van der Waals surface area contributed by atoms with Gasteiger partial charge in [0.2, 0.25) is 12.7 Å². The molecule has 1 fully saturated rings. The third-order valence-electron chi connectivity index (χ3n) is 4.94. The Morgan fingerprint density at radius 1 is 1.22 bits per heavy atom. The minimum absolute atomic E-state index is 0.0727. The van der Waals surface area contributed by atoms with E-state index in [1.54, 1.807) is 6.20 Å². The molecule has 2 aliphatic heterocycles. The number of carbonyl (C=O) groups excluding carboxylic acids is 1. The number of likely N-dealkylation sites (tertiary alicyclic amines) is 1.